The number of hydrogen-bond acceptors (Lipinski definition) is 3. The van der Waals surface area contributed by atoms with Gasteiger partial charge in [0.15, 0.2) is 0 Å². The molecule has 0 saturated carbocycles. The van der Waals surface area contributed by atoms with E-state index in [1.54, 1.807) is 0 Å². The predicted molar refractivity (Wildman–Crippen MR) is 84.1 cm³/mol. The molecule has 1 aromatic heterocycles. The summed E-state index contributed by atoms with van der Waals surface area (Å²) in [6.45, 7) is 6.44. The molecule has 1 atom stereocenters. The van der Waals surface area contributed by atoms with Crippen LogP contribution in [0.25, 0.3) is 10.9 Å². The summed E-state index contributed by atoms with van der Waals surface area (Å²) < 4.78 is 0. The molecule has 0 aliphatic carbocycles. The fourth-order valence-electron chi connectivity index (χ4n) is 2.76. The first-order chi connectivity index (χ1) is 9.63. The summed E-state index contributed by atoms with van der Waals surface area (Å²) in [7, 11) is 2.19. The van der Waals surface area contributed by atoms with Crippen LogP contribution in [0.2, 0.25) is 5.15 Å². The molecule has 0 radical (unpaired) electrons. The Morgan fingerprint density at radius 2 is 2.10 bits per heavy atom. The van der Waals surface area contributed by atoms with Crippen LogP contribution in [0.1, 0.15) is 12.5 Å². The lowest BCUT2D eigenvalue weighted by molar-refractivity contribution is 0.1000. The van der Waals surface area contributed by atoms with Crippen molar-refractivity contribution in [3.05, 3.63) is 41.0 Å². The third-order valence-corrected chi connectivity index (χ3v) is 4.52. The molecule has 1 aliphatic rings. The van der Waals surface area contributed by atoms with Crippen LogP contribution in [0.15, 0.2) is 30.3 Å². The Bertz CT molecular complexity index is 614. The Hall–Kier alpha value is -1.16. The number of halogens is 1. The van der Waals surface area contributed by atoms with Crippen LogP contribution in [0.3, 0.4) is 0 Å². The zero-order chi connectivity index (χ0) is 14.1. The lowest BCUT2D eigenvalue weighted by Crippen LogP contribution is -2.49. The predicted octanol–water partition coefficient (Wildman–Crippen LogP) is 3.02. The monoisotopic (exact) mass is 289 g/mol. The Kier molecular flexibility index (Phi) is 3.92. The minimum Gasteiger partial charge on any atom is -0.301 e. The van der Waals surface area contributed by atoms with E-state index in [-0.39, 0.29) is 0 Å². The summed E-state index contributed by atoms with van der Waals surface area (Å²) in [6, 6.07) is 10.9. The molecule has 20 heavy (non-hydrogen) atoms. The fourth-order valence-corrected chi connectivity index (χ4v) is 2.96. The SMILES string of the molecule is CC1CN(Cc2cc3ccccc3nc2Cl)CCN1C. The van der Waals surface area contributed by atoms with E-state index in [9.17, 15) is 0 Å². The van der Waals surface area contributed by atoms with Crippen molar-refractivity contribution >= 4 is 22.5 Å². The van der Waals surface area contributed by atoms with Crippen molar-refractivity contribution in [3.63, 3.8) is 0 Å². The fraction of sp³-hybridized carbons (Fsp3) is 0.438. The minimum atomic E-state index is 0.593. The summed E-state index contributed by atoms with van der Waals surface area (Å²) in [4.78, 5) is 9.36. The molecule has 3 rings (SSSR count). The van der Waals surface area contributed by atoms with Gasteiger partial charge in [-0.1, -0.05) is 29.8 Å². The lowest BCUT2D eigenvalue weighted by Gasteiger charge is -2.37. The molecule has 1 saturated heterocycles. The molecule has 106 valence electrons. The number of likely N-dealkylation sites (N-methyl/N-ethyl adjacent to an activating group) is 1. The number of para-hydroxylation sites is 1. The van der Waals surface area contributed by atoms with Gasteiger partial charge in [-0.05, 0) is 26.1 Å². The molecule has 4 heteroatoms. The van der Waals surface area contributed by atoms with Gasteiger partial charge in [-0.15, -0.1) is 0 Å². The zero-order valence-electron chi connectivity index (χ0n) is 12.0. The summed E-state index contributed by atoms with van der Waals surface area (Å²) in [5.74, 6) is 0. The Labute approximate surface area is 125 Å². The van der Waals surface area contributed by atoms with Crippen molar-refractivity contribution in [2.24, 2.45) is 0 Å². The summed E-state index contributed by atoms with van der Waals surface area (Å²) in [5.41, 5.74) is 2.09. The minimum absolute atomic E-state index is 0.593. The highest BCUT2D eigenvalue weighted by Gasteiger charge is 2.21. The first kappa shape index (κ1) is 13.8. The van der Waals surface area contributed by atoms with E-state index in [4.69, 9.17) is 11.6 Å². The highest BCUT2D eigenvalue weighted by atomic mass is 35.5. The van der Waals surface area contributed by atoms with Gasteiger partial charge in [0.2, 0.25) is 0 Å². The van der Waals surface area contributed by atoms with Crippen molar-refractivity contribution in [3.8, 4) is 0 Å². The Morgan fingerprint density at radius 3 is 2.90 bits per heavy atom. The number of pyridine rings is 1. The maximum atomic E-state index is 6.34. The molecule has 0 amide bonds. The Balaban J connectivity index is 1.82. The van der Waals surface area contributed by atoms with Gasteiger partial charge in [0, 0.05) is 43.2 Å². The number of benzene rings is 1. The molecular formula is C16H20ClN3. The van der Waals surface area contributed by atoms with Crippen LogP contribution in [0, 0.1) is 0 Å². The number of hydrogen-bond donors (Lipinski definition) is 0. The standard InChI is InChI=1S/C16H20ClN3/c1-12-10-20(8-7-19(12)2)11-14-9-13-5-3-4-6-15(13)18-16(14)17/h3-6,9,12H,7-8,10-11H2,1-2H3. The molecule has 0 N–H and O–H groups in total. The van der Waals surface area contributed by atoms with Crippen molar-refractivity contribution < 1.29 is 0 Å². The maximum Gasteiger partial charge on any atom is 0.134 e. The second-order valence-corrected chi connectivity index (χ2v) is 6.05. The van der Waals surface area contributed by atoms with E-state index in [1.807, 2.05) is 18.2 Å². The number of nitrogens with zero attached hydrogens (tertiary/aromatic N) is 3. The van der Waals surface area contributed by atoms with Gasteiger partial charge in [0.05, 0.1) is 5.52 Å². The van der Waals surface area contributed by atoms with Gasteiger partial charge < -0.3 is 4.90 Å². The van der Waals surface area contributed by atoms with Gasteiger partial charge in [0.25, 0.3) is 0 Å². The average Bonchev–Trinajstić information content (AvgIpc) is 2.44. The first-order valence-corrected chi connectivity index (χ1v) is 7.48. The molecule has 0 bridgehead atoms. The van der Waals surface area contributed by atoms with Gasteiger partial charge in [-0.25, -0.2) is 4.98 Å². The van der Waals surface area contributed by atoms with E-state index < -0.39 is 0 Å². The molecule has 1 aromatic carbocycles. The average molecular weight is 290 g/mol. The van der Waals surface area contributed by atoms with Crippen LogP contribution in [-0.4, -0.2) is 47.5 Å². The largest absolute Gasteiger partial charge is 0.301 e. The van der Waals surface area contributed by atoms with Crippen LogP contribution in [-0.2, 0) is 6.54 Å². The van der Waals surface area contributed by atoms with E-state index in [0.29, 0.717) is 11.2 Å². The van der Waals surface area contributed by atoms with Gasteiger partial charge in [-0.2, -0.15) is 0 Å². The molecule has 1 aliphatic heterocycles. The first-order valence-electron chi connectivity index (χ1n) is 7.10. The molecule has 1 fully saturated rings. The topological polar surface area (TPSA) is 19.4 Å². The van der Waals surface area contributed by atoms with Gasteiger partial charge in [0.1, 0.15) is 5.15 Å². The highest BCUT2D eigenvalue weighted by molar-refractivity contribution is 6.30. The van der Waals surface area contributed by atoms with Crippen LogP contribution < -0.4 is 0 Å². The van der Waals surface area contributed by atoms with Crippen LogP contribution in [0.4, 0.5) is 0 Å². The van der Waals surface area contributed by atoms with Crippen LogP contribution in [0.5, 0.6) is 0 Å². The zero-order valence-corrected chi connectivity index (χ0v) is 12.8. The van der Waals surface area contributed by atoms with E-state index >= 15 is 0 Å². The highest BCUT2D eigenvalue weighted by Crippen LogP contribution is 2.22. The van der Waals surface area contributed by atoms with Crippen molar-refractivity contribution in [1.29, 1.82) is 0 Å². The van der Waals surface area contributed by atoms with Crippen molar-refractivity contribution in [2.75, 3.05) is 26.7 Å². The Morgan fingerprint density at radius 1 is 1.30 bits per heavy atom. The van der Waals surface area contributed by atoms with Gasteiger partial charge in [-0.3, -0.25) is 4.90 Å². The molecular weight excluding hydrogens is 270 g/mol. The third kappa shape index (κ3) is 2.80. The van der Waals surface area contributed by atoms with Crippen molar-refractivity contribution in [1.82, 2.24) is 14.8 Å². The number of piperazine rings is 1. The van der Waals surface area contributed by atoms with E-state index in [1.165, 1.54) is 0 Å². The third-order valence-electron chi connectivity index (χ3n) is 4.19. The summed E-state index contributed by atoms with van der Waals surface area (Å²) >= 11 is 6.34. The lowest BCUT2D eigenvalue weighted by atomic mass is 10.1. The number of aromatic nitrogens is 1. The molecule has 3 nitrogen and oxygen atoms in total. The molecule has 0 spiro atoms. The maximum absolute atomic E-state index is 6.34. The van der Waals surface area contributed by atoms with Crippen molar-refractivity contribution in [2.45, 2.75) is 19.5 Å². The number of rotatable bonds is 2. The molecule has 1 unspecified atom stereocenters. The van der Waals surface area contributed by atoms with Crippen LogP contribution >= 0.6 is 11.6 Å². The second-order valence-electron chi connectivity index (χ2n) is 5.70. The molecule has 2 heterocycles. The summed E-state index contributed by atoms with van der Waals surface area (Å²) in [6.07, 6.45) is 0. The number of fused-ring (bicyclic) bond motifs is 1. The van der Waals surface area contributed by atoms with E-state index in [0.717, 1.165) is 42.6 Å². The van der Waals surface area contributed by atoms with Gasteiger partial charge >= 0.3 is 0 Å². The smallest absolute Gasteiger partial charge is 0.134 e. The summed E-state index contributed by atoms with van der Waals surface area (Å²) in [5, 5.41) is 1.80. The second kappa shape index (κ2) is 5.68. The van der Waals surface area contributed by atoms with E-state index in [2.05, 4.69) is 40.9 Å². The quantitative estimate of drug-likeness (QED) is 0.792. The molecule has 2 aromatic rings. The normalized spacial score (nSPS) is 21.4.